The maximum absolute atomic E-state index is 12.6. The molecule has 0 saturated carbocycles. The first kappa shape index (κ1) is 17.3. The van der Waals surface area contributed by atoms with E-state index in [1.165, 1.54) is 0 Å². The lowest BCUT2D eigenvalue weighted by molar-refractivity contribution is -0.138. The average Bonchev–Trinajstić information content (AvgIpc) is 2.96. The first-order valence-electron chi connectivity index (χ1n) is 8.19. The van der Waals surface area contributed by atoms with Crippen molar-refractivity contribution < 1.29 is 14.4 Å². The number of amides is 2. The number of amidine groups is 1. The van der Waals surface area contributed by atoms with Crippen molar-refractivity contribution in [2.45, 2.75) is 13.3 Å². The van der Waals surface area contributed by atoms with Gasteiger partial charge in [0.2, 0.25) is 5.78 Å². The molecule has 0 fully saturated rings. The van der Waals surface area contributed by atoms with Crippen molar-refractivity contribution in [2.75, 3.05) is 10.3 Å². The Morgan fingerprint density at radius 2 is 1.77 bits per heavy atom. The third-order valence-electron chi connectivity index (χ3n) is 4.10. The van der Waals surface area contributed by atoms with E-state index in [4.69, 9.17) is 5.73 Å². The zero-order valence-electron chi connectivity index (χ0n) is 14.2. The summed E-state index contributed by atoms with van der Waals surface area (Å²) in [6.45, 7) is 1.94. The quantitative estimate of drug-likeness (QED) is 0.632. The largest absolute Gasteiger partial charge is 0.385 e. The Morgan fingerprint density at radius 3 is 2.46 bits per heavy atom. The van der Waals surface area contributed by atoms with Crippen molar-refractivity contribution in [1.29, 1.82) is 0 Å². The summed E-state index contributed by atoms with van der Waals surface area (Å²) in [6, 6.07) is 15.8. The number of nitrogens with zero attached hydrogens (tertiary/aromatic N) is 2. The van der Waals surface area contributed by atoms with Gasteiger partial charge >= 0.3 is 0 Å². The van der Waals surface area contributed by atoms with E-state index >= 15 is 0 Å². The predicted molar refractivity (Wildman–Crippen MR) is 98.5 cm³/mol. The number of rotatable bonds is 5. The Balaban J connectivity index is 1.78. The number of hydrogen-bond donors (Lipinski definition) is 2. The Hall–Kier alpha value is -3.48. The number of nitrogens with two attached hydrogens (primary N) is 1. The zero-order valence-corrected chi connectivity index (χ0v) is 14.2. The lowest BCUT2D eigenvalue weighted by atomic mass is 10.0. The van der Waals surface area contributed by atoms with E-state index in [9.17, 15) is 14.4 Å². The van der Waals surface area contributed by atoms with Crippen LogP contribution in [0.25, 0.3) is 0 Å². The summed E-state index contributed by atoms with van der Waals surface area (Å²) in [5.74, 6) is -4.07. The summed E-state index contributed by atoms with van der Waals surface area (Å²) in [5, 5.41) is 7.55. The van der Waals surface area contributed by atoms with E-state index in [1.807, 2.05) is 19.1 Å². The van der Waals surface area contributed by atoms with E-state index in [0.29, 0.717) is 17.8 Å². The Morgan fingerprint density at radius 1 is 1.12 bits per heavy atom. The molecule has 0 radical (unpaired) electrons. The first-order valence-corrected chi connectivity index (χ1v) is 8.19. The fraction of sp³-hybridized carbons (Fsp3) is 0.158. The van der Waals surface area contributed by atoms with Gasteiger partial charge in [0.05, 0.1) is 5.69 Å². The van der Waals surface area contributed by atoms with Gasteiger partial charge in [0.1, 0.15) is 5.84 Å². The topological polar surface area (TPSA) is 105 Å². The van der Waals surface area contributed by atoms with Gasteiger partial charge in [-0.15, -0.1) is 0 Å². The zero-order chi connectivity index (χ0) is 18.7. The number of hydrazone groups is 1. The number of carbonyl (C=O) groups excluding carboxylic acids is 3. The highest BCUT2D eigenvalue weighted by Crippen LogP contribution is 2.23. The van der Waals surface area contributed by atoms with Gasteiger partial charge in [-0.25, -0.2) is 0 Å². The molecule has 2 amide bonds. The molecule has 7 nitrogen and oxygen atoms in total. The van der Waals surface area contributed by atoms with E-state index in [0.717, 1.165) is 10.6 Å². The van der Waals surface area contributed by atoms with E-state index in [2.05, 4.69) is 10.4 Å². The molecule has 0 unspecified atom stereocenters. The molecule has 132 valence electrons. The molecule has 0 spiro atoms. The molecule has 2 aromatic carbocycles. The van der Waals surface area contributed by atoms with E-state index in [1.54, 1.807) is 42.5 Å². The summed E-state index contributed by atoms with van der Waals surface area (Å²) in [5.41, 5.74) is 7.68. The monoisotopic (exact) mass is 350 g/mol. The molecule has 1 heterocycles. The van der Waals surface area contributed by atoms with Crippen LogP contribution in [0.3, 0.4) is 0 Å². The molecule has 0 aromatic heterocycles. The van der Waals surface area contributed by atoms with Crippen molar-refractivity contribution in [3.8, 4) is 0 Å². The number of carbonyl (C=O) groups is 3. The summed E-state index contributed by atoms with van der Waals surface area (Å²) in [6.07, 6.45) is 0.693. The number of aryl methyl sites for hydroxylation is 1. The van der Waals surface area contributed by atoms with Crippen molar-refractivity contribution in [3.63, 3.8) is 0 Å². The summed E-state index contributed by atoms with van der Waals surface area (Å²) >= 11 is 0. The minimum absolute atomic E-state index is 0.192. The average molecular weight is 350 g/mol. The molecule has 26 heavy (non-hydrogen) atoms. The van der Waals surface area contributed by atoms with Gasteiger partial charge < -0.3 is 11.1 Å². The van der Waals surface area contributed by atoms with Crippen LogP contribution in [-0.2, 0) is 20.8 Å². The minimum Gasteiger partial charge on any atom is -0.385 e. The van der Waals surface area contributed by atoms with Gasteiger partial charge in [-0.3, -0.25) is 14.4 Å². The van der Waals surface area contributed by atoms with Crippen LogP contribution in [0, 0.1) is 5.92 Å². The second-order valence-corrected chi connectivity index (χ2v) is 5.77. The van der Waals surface area contributed by atoms with Crippen LogP contribution in [0.1, 0.15) is 12.5 Å². The second-order valence-electron chi connectivity index (χ2n) is 5.77. The lowest BCUT2D eigenvalue weighted by Gasteiger charge is -2.14. The first-order chi connectivity index (χ1) is 12.5. The van der Waals surface area contributed by atoms with Gasteiger partial charge in [-0.2, -0.15) is 10.1 Å². The molecule has 3 rings (SSSR count). The summed E-state index contributed by atoms with van der Waals surface area (Å²) in [7, 11) is 0. The molecule has 0 aliphatic carbocycles. The van der Waals surface area contributed by atoms with Gasteiger partial charge in [0, 0.05) is 5.69 Å². The number of Topliss-reactive ketones (excluding diaryl/α,β-unsaturated/α-hetero) is 1. The maximum atomic E-state index is 12.6. The van der Waals surface area contributed by atoms with Crippen molar-refractivity contribution in [3.05, 3.63) is 60.2 Å². The van der Waals surface area contributed by atoms with Crippen molar-refractivity contribution >= 4 is 34.8 Å². The highest BCUT2D eigenvalue weighted by molar-refractivity contribution is 6.50. The van der Waals surface area contributed by atoms with E-state index in [-0.39, 0.29) is 5.84 Å². The molecule has 0 saturated heterocycles. The lowest BCUT2D eigenvalue weighted by Crippen LogP contribution is -2.41. The van der Waals surface area contributed by atoms with E-state index < -0.39 is 23.5 Å². The van der Waals surface area contributed by atoms with Gasteiger partial charge in [-0.05, 0) is 30.2 Å². The standard InChI is InChI=1S/C19H18N4O3/c1-2-12-8-6-7-11-14(12)21-18(25)16(24)15-17(20)22-23(19(15)26)13-9-4-3-5-10-13/h3-11,15H,2H2,1H3,(H2,20,22)(H,21,25)/t15-/m1/s1. The van der Waals surface area contributed by atoms with Crippen molar-refractivity contribution in [2.24, 2.45) is 16.8 Å². The van der Waals surface area contributed by atoms with Crippen LogP contribution < -0.4 is 16.1 Å². The second kappa shape index (κ2) is 7.18. The van der Waals surface area contributed by atoms with Gasteiger partial charge in [0.15, 0.2) is 5.92 Å². The summed E-state index contributed by atoms with van der Waals surface area (Å²) in [4.78, 5) is 37.5. The van der Waals surface area contributed by atoms with Crippen molar-refractivity contribution in [1.82, 2.24) is 0 Å². The van der Waals surface area contributed by atoms with Gasteiger partial charge in [-0.1, -0.05) is 43.3 Å². The highest BCUT2D eigenvalue weighted by Gasteiger charge is 2.43. The molecular formula is C19H18N4O3. The normalized spacial score (nSPS) is 16.3. The van der Waals surface area contributed by atoms with Crippen LogP contribution in [0.2, 0.25) is 0 Å². The van der Waals surface area contributed by atoms with Crippen LogP contribution in [0.5, 0.6) is 0 Å². The van der Waals surface area contributed by atoms with Crippen LogP contribution in [-0.4, -0.2) is 23.4 Å². The minimum atomic E-state index is -1.41. The molecule has 0 bridgehead atoms. The number of para-hydroxylation sites is 2. The number of nitrogens with one attached hydrogen (secondary N) is 1. The van der Waals surface area contributed by atoms with Crippen LogP contribution in [0.15, 0.2) is 59.7 Å². The SMILES string of the molecule is CCc1ccccc1NC(=O)C(=O)[C@H]1C(=O)N(c2ccccc2)N=C1N. The molecule has 1 atom stereocenters. The molecule has 7 heteroatoms. The molecule has 1 aliphatic rings. The Kier molecular flexibility index (Phi) is 4.79. The van der Waals surface area contributed by atoms with Crippen LogP contribution in [0.4, 0.5) is 11.4 Å². The smallest absolute Gasteiger partial charge is 0.293 e. The molecule has 2 aromatic rings. The number of anilines is 2. The Bertz CT molecular complexity index is 893. The fourth-order valence-electron chi connectivity index (χ4n) is 2.74. The number of benzene rings is 2. The third kappa shape index (κ3) is 3.19. The van der Waals surface area contributed by atoms with Crippen LogP contribution >= 0.6 is 0 Å². The molecule has 3 N–H and O–H groups in total. The fourth-order valence-corrected chi connectivity index (χ4v) is 2.74. The van der Waals surface area contributed by atoms with Gasteiger partial charge in [0.25, 0.3) is 11.8 Å². The third-order valence-corrected chi connectivity index (χ3v) is 4.10. The maximum Gasteiger partial charge on any atom is 0.293 e. The number of hydrogen-bond acceptors (Lipinski definition) is 5. The predicted octanol–water partition coefficient (Wildman–Crippen LogP) is 1.69. The number of ketones is 1. The Labute approximate surface area is 150 Å². The molecule has 1 aliphatic heterocycles. The summed E-state index contributed by atoms with van der Waals surface area (Å²) < 4.78 is 0. The highest BCUT2D eigenvalue weighted by atomic mass is 16.2. The molecular weight excluding hydrogens is 332 g/mol.